The van der Waals surface area contributed by atoms with E-state index in [4.69, 9.17) is 10.5 Å². The summed E-state index contributed by atoms with van der Waals surface area (Å²) in [5, 5.41) is 9.87. The van der Waals surface area contributed by atoms with Gasteiger partial charge < -0.3 is 15.8 Å². The van der Waals surface area contributed by atoms with Crippen LogP contribution in [0.1, 0.15) is 28.9 Å². The number of fused-ring (bicyclic) bond motifs is 1. The van der Waals surface area contributed by atoms with Crippen molar-refractivity contribution < 1.29 is 4.74 Å². The zero-order chi connectivity index (χ0) is 15.8. The highest BCUT2D eigenvalue weighted by atomic mass is 32.1. The van der Waals surface area contributed by atoms with Gasteiger partial charge in [0.1, 0.15) is 5.75 Å². The quantitative estimate of drug-likeness (QED) is 0.773. The molecule has 2 aromatic heterocycles. The van der Waals surface area contributed by atoms with Gasteiger partial charge >= 0.3 is 0 Å². The van der Waals surface area contributed by atoms with Crippen molar-refractivity contribution in [2.24, 2.45) is 0 Å². The number of rotatable bonds is 3. The number of thiophene rings is 1. The standard InChI is InChI=1S/C16H17N5OS/c1-22-11-6-4-10(5-7-11)12-9-13(14-3-2-8-23-14)21-16(18-12)19-15(17)20-21/h2-8,12-13H,9H2,1H3,(H3,17,18,19,20)/t12-,13-/m0/s1. The lowest BCUT2D eigenvalue weighted by Crippen LogP contribution is -2.27. The Kier molecular flexibility index (Phi) is 3.42. The van der Waals surface area contributed by atoms with E-state index in [0.717, 1.165) is 12.2 Å². The Morgan fingerprint density at radius 2 is 2.13 bits per heavy atom. The molecule has 0 amide bonds. The first-order valence-corrected chi connectivity index (χ1v) is 8.28. The topological polar surface area (TPSA) is 78.0 Å². The van der Waals surface area contributed by atoms with E-state index in [2.05, 4.69) is 45.0 Å². The van der Waals surface area contributed by atoms with Crippen molar-refractivity contribution in [3.8, 4) is 5.75 Å². The summed E-state index contributed by atoms with van der Waals surface area (Å²) in [6.45, 7) is 0. The number of hydrogen-bond acceptors (Lipinski definition) is 6. The molecule has 7 heteroatoms. The Labute approximate surface area is 137 Å². The van der Waals surface area contributed by atoms with Crippen LogP contribution >= 0.6 is 11.3 Å². The summed E-state index contributed by atoms with van der Waals surface area (Å²) in [6, 6.07) is 12.6. The third-order valence-electron chi connectivity index (χ3n) is 4.09. The maximum Gasteiger partial charge on any atom is 0.241 e. The maximum atomic E-state index is 5.80. The van der Waals surface area contributed by atoms with Gasteiger partial charge in [0.25, 0.3) is 0 Å². The number of nitrogens with one attached hydrogen (secondary N) is 1. The number of nitrogen functional groups attached to an aromatic ring is 1. The fraction of sp³-hybridized carbons (Fsp3) is 0.250. The van der Waals surface area contributed by atoms with Crippen LogP contribution in [0.3, 0.4) is 0 Å². The third-order valence-corrected chi connectivity index (χ3v) is 5.07. The minimum Gasteiger partial charge on any atom is -0.497 e. The Balaban J connectivity index is 1.71. The number of nitrogens with zero attached hydrogens (tertiary/aromatic N) is 3. The molecule has 0 unspecified atom stereocenters. The molecule has 0 spiro atoms. The second kappa shape index (κ2) is 5.58. The summed E-state index contributed by atoms with van der Waals surface area (Å²) in [4.78, 5) is 5.58. The fourth-order valence-electron chi connectivity index (χ4n) is 2.97. The van der Waals surface area contributed by atoms with Crippen LogP contribution in [0.4, 0.5) is 11.9 Å². The minimum atomic E-state index is 0.142. The molecule has 3 aromatic rings. The predicted molar refractivity (Wildman–Crippen MR) is 90.9 cm³/mol. The van der Waals surface area contributed by atoms with Crippen molar-refractivity contribution in [2.45, 2.75) is 18.5 Å². The Hall–Kier alpha value is -2.54. The number of ether oxygens (including phenoxy) is 1. The van der Waals surface area contributed by atoms with E-state index in [1.54, 1.807) is 18.4 Å². The minimum absolute atomic E-state index is 0.142. The van der Waals surface area contributed by atoms with Crippen LogP contribution in [-0.2, 0) is 0 Å². The van der Waals surface area contributed by atoms with Gasteiger partial charge in [-0.2, -0.15) is 4.98 Å². The number of hydrogen-bond donors (Lipinski definition) is 2. The average molecular weight is 327 g/mol. The Morgan fingerprint density at radius 3 is 2.83 bits per heavy atom. The van der Waals surface area contributed by atoms with E-state index >= 15 is 0 Å². The Morgan fingerprint density at radius 1 is 1.30 bits per heavy atom. The normalized spacial score (nSPS) is 19.9. The highest BCUT2D eigenvalue weighted by Gasteiger charge is 2.31. The van der Waals surface area contributed by atoms with Crippen LogP contribution in [0.25, 0.3) is 0 Å². The molecule has 1 aliphatic heterocycles. The Bertz CT molecular complexity index is 797. The molecule has 3 heterocycles. The van der Waals surface area contributed by atoms with E-state index < -0.39 is 0 Å². The van der Waals surface area contributed by atoms with Crippen molar-refractivity contribution in [3.05, 3.63) is 52.2 Å². The molecule has 0 aliphatic carbocycles. The summed E-state index contributed by atoms with van der Waals surface area (Å²) >= 11 is 1.73. The summed E-state index contributed by atoms with van der Waals surface area (Å²) < 4.78 is 7.12. The monoisotopic (exact) mass is 327 g/mol. The molecular formula is C16H17N5OS. The van der Waals surface area contributed by atoms with Crippen molar-refractivity contribution >= 4 is 23.2 Å². The molecule has 0 bridgehead atoms. The molecule has 4 rings (SSSR count). The van der Waals surface area contributed by atoms with E-state index in [1.807, 2.05) is 16.8 Å². The molecule has 2 atom stereocenters. The molecule has 0 fully saturated rings. The van der Waals surface area contributed by atoms with Crippen LogP contribution in [0.15, 0.2) is 41.8 Å². The summed E-state index contributed by atoms with van der Waals surface area (Å²) in [7, 11) is 1.67. The lowest BCUT2D eigenvalue weighted by atomic mass is 9.97. The van der Waals surface area contributed by atoms with E-state index in [0.29, 0.717) is 11.9 Å². The smallest absolute Gasteiger partial charge is 0.241 e. The first-order chi connectivity index (χ1) is 11.2. The van der Waals surface area contributed by atoms with Gasteiger partial charge in [-0.3, -0.25) is 0 Å². The van der Waals surface area contributed by atoms with E-state index in [9.17, 15) is 0 Å². The van der Waals surface area contributed by atoms with Crippen molar-refractivity contribution in [3.63, 3.8) is 0 Å². The van der Waals surface area contributed by atoms with Crippen LogP contribution in [0.2, 0.25) is 0 Å². The fourth-order valence-corrected chi connectivity index (χ4v) is 3.79. The van der Waals surface area contributed by atoms with Crippen molar-refractivity contribution in [2.75, 3.05) is 18.2 Å². The lowest BCUT2D eigenvalue weighted by molar-refractivity contribution is 0.413. The van der Waals surface area contributed by atoms with Crippen LogP contribution in [0, 0.1) is 0 Å². The molecule has 3 N–H and O–H groups in total. The van der Waals surface area contributed by atoms with Crippen LogP contribution in [0.5, 0.6) is 5.75 Å². The highest BCUT2D eigenvalue weighted by Crippen LogP contribution is 2.39. The molecule has 0 saturated heterocycles. The zero-order valence-electron chi connectivity index (χ0n) is 12.6. The van der Waals surface area contributed by atoms with Gasteiger partial charge in [-0.25, -0.2) is 4.68 Å². The third kappa shape index (κ3) is 2.53. The summed E-state index contributed by atoms with van der Waals surface area (Å²) in [5.74, 6) is 1.86. The van der Waals surface area contributed by atoms with Gasteiger partial charge in [0.15, 0.2) is 0 Å². The second-order valence-electron chi connectivity index (χ2n) is 5.48. The summed E-state index contributed by atoms with van der Waals surface area (Å²) in [6.07, 6.45) is 0.892. The summed E-state index contributed by atoms with van der Waals surface area (Å²) in [5.41, 5.74) is 6.99. The second-order valence-corrected chi connectivity index (χ2v) is 6.45. The zero-order valence-corrected chi connectivity index (χ0v) is 13.5. The molecule has 1 aliphatic rings. The number of nitrogens with two attached hydrogens (primary N) is 1. The van der Waals surface area contributed by atoms with Gasteiger partial charge in [-0.15, -0.1) is 16.4 Å². The van der Waals surface area contributed by atoms with Crippen molar-refractivity contribution in [1.29, 1.82) is 0 Å². The first kappa shape index (κ1) is 14.1. The molecular weight excluding hydrogens is 310 g/mol. The average Bonchev–Trinajstić information content (AvgIpc) is 3.22. The molecule has 0 radical (unpaired) electrons. The van der Waals surface area contributed by atoms with Gasteiger partial charge in [0.05, 0.1) is 19.2 Å². The first-order valence-electron chi connectivity index (χ1n) is 7.40. The van der Waals surface area contributed by atoms with Gasteiger partial charge in [0.2, 0.25) is 11.9 Å². The molecule has 0 saturated carbocycles. The molecule has 1 aromatic carbocycles. The highest BCUT2D eigenvalue weighted by molar-refractivity contribution is 7.10. The van der Waals surface area contributed by atoms with Crippen molar-refractivity contribution in [1.82, 2.24) is 14.8 Å². The SMILES string of the molecule is COc1ccc([C@@H]2C[C@@H](c3cccs3)n3nc(N)nc3N2)cc1. The van der Waals surface area contributed by atoms with E-state index in [-0.39, 0.29) is 12.1 Å². The maximum absolute atomic E-state index is 5.80. The molecule has 118 valence electrons. The van der Waals surface area contributed by atoms with Gasteiger partial charge in [0, 0.05) is 4.88 Å². The lowest BCUT2D eigenvalue weighted by Gasteiger charge is -2.31. The van der Waals surface area contributed by atoms with Crippen LogP contribution < -0.4 is 15.8 Å². The number of anilines is 2. The molecule has 6 nitrogen and oxygen atoms in total. The molecule has 23 heavy (non-hydrogen) atoms. The van der Waals surface area contributed by atoms with Crippen LogP contribution in [-0.4, -0.2) is 21.9 Å². The van der Waals surface area contributed by atoms with Gasteiger partial charge in [-0.1, -0.05) is 18.2 Å². The number of aromatic nitrogens is 3. The number of benzene rings is 1. The van der Waals surface area contributed by atoms with E-state index in [1.165, 1.54) is 10.4 Å². The van der Waals surface area contributed by atoms with Gasteiger partial charge in [-0.05, 0) is 35.6 Å². The number of methoxy groups -OCH3 is 1. The largest absolute Gasteiger partial charge is 0.497 e. The predicted octanol–water partition coefficient (Wildman–Crippen LogP) is 3.08.